The van der Waals surface area contributed by atoms with Gasteiger partial charge in [0, 0.05) is 42.8 Å². The largest absolute Gasteiger partial charge is 0.351 e. The molecule has 120 valence electrons. The molecule has 0 spiro atoms. The molecule has 0 fully saturated rings. The minimum absolute atomic E-state index is 0.0452. The molecule has 0 atom stereocenters. The zero-order chi connectivity index (χ0) is 16.5. The SMILES string of the molecule is Cn1ccc2c(C(=O)NCCn3cnc4ccccc43)cccc21. The van der Waals surface area contributed by atoms with Crippen molar-refractivity contribution in [3.8, 4) is 0 Å². The molecule has 0 aliphatic heterocycles. The van der Waals surface area contributed by atoms with Crippen LogP contribution in [0.15, 0.2) is 61.1 Å². The molecule has 2 aromatic carbocycles. The predicted octanol–water partition coefficient (Wildman–Crippen LogP) is 2.96. The Morgan fingerprint density at radius 2 is 1.92 bits per heavy atom. The molecule has 0 unspecified atom stereocenters. The Balaban J connectivity index is 1.48. The molecule has 0 radical (unpaired) electrons. The van der Waals surface area contributed by atoms with Crippen LogP contribution in [-0.4, -0.2) is 26.6 Å². The first-order valence-electron chi connectivity index (χ1n) is 7.96. The molecule has 0 saturated heterocycles. The Morgan fingerprint density at radius 1 is 1.08 bits per heavy atom. The summed E-state index contributed by atoms with van der Waals surface area (Å²) in [6.07, 6.45) is 3.79. The minimum atomic E-state index is -0.0452. The fourth-order valence-corrected chi connectivity index (χ4v) is 3.07. The number of benzene rings is 2. The molecule has 1 N–H and O–H groups in total. The molecule has 1 amide bonds. The Morgan fingerprint density at radius 3 is 2.83 bits per heavy atom. The summed E-state index contributed by atoms with van der Waals surface area (Å²) >= 11 is 0. The van der Waals surface area contributed by atoms with Crippen LogP contribution in [0.5, 0.6) is 0 Å². The molecule has 2 aromatic heterocycles. The number of aryl methyl sites for hydroxylation is 1. The number of imidazole rings is 1. The lowest BCUT2D eigenvalue weighted by Crippen LogP contribution is -2.27. The van der Waals surface area contributed by atoms with Gasteiger partial charge in [-0.3, -0.25) is 4.79 Å². The monoisotopic (exact) mass is 318 g/mol. The van der Waals surface area contributed by atoms with Crippen molar-refractivity contribution in [3.63, 3.8) is 0 Å². The fraction of sp³-hybridized carbons (Fsp3) is 0.158. The summed E-state index contributed by atoms with van der Waals surface area (Å²) in [5.74, 6) is -0.0452. The van der Waals surface area contributed by atoms with Gasteiger partial charge in [0.15, 0.2) is 0 Å². The van der Waals surface area contributed by atoms with Crippen molar-refractivity contribution in [1.82, 2.24) is 19.4 Å². The summed E-state index contributed by atoms with van der Waals surface area (Å²) in [5.41, 5.74) is 3.82. The van der Waals surface area contributed by atoms with E-state index < -0.39 is 0 Å². The number of fused-ring (bicyclic) bond motifs is 2. The van der Waals surface area contributed by atoms with E-state index in [1.807, 2.05) is 72.7 Å². The van der Waals surface area contributed by atoms with E-state index in [9.17, 15) is 4.79 Å². The van der Waals surface area contributed by atoms with Gasteiger partial charge in [-0.15, -0.1) is 0 Å². The molecule has 24 heavy (non-hydrogen) atoms. The van der Waals surface area contributed by atoms with E-state index in [1.165, 1.54) is 0 Å². The third-order valence-corrected chi connectivity index (χ3v) is 4.34. The Hall–Kier alpha value is -3.08. The maximum atomic E-state index is 12.5. The average Bonchev–Trinajstić information content (AvgIpc) is 3.19. The van der Waals surface area contributed by atoms with Gasteiger partial charge < -0.3 is 14.5 Å². The van der Waals surface area contributed by atoms with Gasteiger partial charge >= 0.3 is 0 Å². The van der Waals surface area contributed by atoms with Crippen molar-refractivity contribution in [2.45, 2.75) is 6.54 Å². The van der Waals surface area contributed by atoms with Gasteiger partial charge in [-0.05, 0) is 30.3 Å². The summed E-state index contributed by atoms with van der Waals surface area (Å²) in [6, 6.07) is 15.8. The van der Waals surface area contributed by atoms with Gasteiger partial charge in [-0.25, -0.2) is 4.98 Å². The van der Waals surface area contributed by atoms with Gasteiger partial charge in [0.1, 0.15) is 0 Å². The van der Waals surface area contributed by atoms with Crippen LogP contribution < -0.4 is 5.32 Å². The Labute approximate surface area is 139 Å². The lowest BCUT2D eigenvalue weighted by Gasteiger charge is -2.08. The number of nitrogens with one attached hydrogen (secondary N) is 1. The zero-order valence-corrected chi connectivity index (χ0v) is 13.4. The lowest BCUT2D eigenvalue weighted by molar-refractivity contribution is 0.0954. The smallest absolute Gasteiger partial charge is 0.252 e. The highest BCUT2D eigenvalue weighted by Gasteiger charge is 2.11. The maximum Gasteiger partial charge on any atom is 0.252 e. The van der Waals surface area contributed by atoms with E-state index in [0.717, 1.165) is 21.9 Å². The van der Waals surface area contributed by atoms with Crippen LogP contribution in [0.1, 0.15) is 10.4 Å². The van der Waals surface area contributed by atoms with Crippen molar-refractivity contribution in [3.05, 3.63) is 66.6 Å². The Bertz CT molecular complexity index is 1030. The normalized spacial score (nSPS) is 11.2. The summed E-state index contributed by atoms with van der Waals surface area (Å²) < 4.78 is 4.07. The highest BCUT2D eigenvalue weighted by atomic mass is 16.1. The molecule has 2 heterocycles. The Kier molecular flexibility index (Phi) is 3.54. The van der Waals surface area contributed by atoms with Crippen LogP contribution >= 0.6 is 0 Å². The first-order chi connectivity index (χ1) is 11.7. The topological polar surface area (TPSA) is 51.9 Å². The highest BCUT2D eigenvalue weighted by molar-refractivity contribution is 6.06. The van der Waals surface area contributed by atoms with Crippen LogP contribution in [0.25, 0.3) is 21.9 Å². The quantitative estimate of drug-likeness (QED) is 0.629. The standard InChI is InChI=1S/C19H18N4O/c1-22-11-9-14-15(5-4-8-17(14)22)19(24)20-10-12-23-13-21-16-6-2-3-7-18(16)23/h2-9,11,13H,10,12H2,1H3,(H,20,24). The van der Waals surface area contributed by atoms with Gasteiger partial charge in [0.25, 0.3) is 5.91 Å². The molecule has 0 saturated carbocycles. The average molecular weight is 318 g/mol. The van der Waals surface area contributed by atoms with Gasteiger partial charge in [-0.1, -0.05) is 18.2 Å². The van der Waals surface area contributed by atoms with Crippen molar-refractivity contribution in [2.75, 3.05) is 6.54 Å². The van der Waals surface area contributed by atoms with Crippen LogP contribution in [0, 0.1) is 0 Å². The lowest BCUT2D eigenvalue weighted by atomic mass is 10.1. The zero-order valence-electron chi connectivity index (χ0n) is 13.4. The van der Waals surface area contributed by atoms with Crippen LogP contribution in [0.2, 0.25) is 0 Å². The molecule has 4 aromatic rings. The van der Waals surface area contributed by atoms with Crippen molar-refractivity contribution >= 4 is 27.8 Å². The van der Waals surface area contributed by atoms with Crippen molar-refractivity contribution in [1.29, 1.82) is 0 Å². The van der Waals surface area contributed by atoms with E-state index in [-0.39, 0.29) is 5.91 Å². The first kappa shape index (κ1) is 14.5. The molecule has 0 bridgehead atoms. The highest BCUT2D eigenvalue weighted by Crippen LogP contribution is 2.19. The molecule has 0 aliphatic carbocycles. The summed E-state index contributed by atoms with van der Waals surface area (Å²) in [5, 5.41) is 3.98. The van der Waals surface area contributed by atoms with Crippen LogP contribution in [-0.2, 0) is 13.6 Å². The minimum Gasteiger partial charge on any atom is -0.351 e. The molecular weight excluding hydrogens is 300 g/mol. The number of hydrogen-bond acceptors (Lipinski definition) is 2. The molecule has 4 rings (SSSR count). The second-order valence-electron chi connectivity index (χ2n) is 5.85. The number of hydrogen-bond donors (Lipinski definition) is 1. The molecule has 5 nitrogen and oxygen atoms in total. The van der Waals surface area contributed by atoms with Gasteiger partial charge in [0.05, 0.1) is 17.4 Å². The van der Waals surface area contributed by atoms with E-state index in [4.69, 9.17) is 0 Å². The number of nitrogens with zero attached hydrogens (tertiary/aromatic N) is 3. The van der Waals surface area contributed by atoms with Crippen molar-refractivity contribution in [2.24, 2.45) is 7.05 Å². The third kappa shape index (κ3) is 2.44. The number of para-hydroxylation sites is 2. The third-order valence-electron chi connectivity index (χ3n) is 4.34. The second-order valence-corrected chi connectivity index (χ2v) is 5.85. The van der Waals surface area contributed by atoms with E-state index in [1.54, 1.807) is 0 Å². The summed E-state index contributed by atoms with van der Waals surface area (Å²) in [7, 11) is 1.98. The number of rotatable bonds is 4. The summed E-state index contributed by atoms with van der Waals surface area (Å²) in [6.45, 7) is 1.25. The van der Waals surface area contributed by atoms with E-state index in [0.29, 0.717) is 18.7 Å². The fourth-order valence-electron chi connectivity index (χ4n) is 3.07. The number of carbonyl (C=O) groups is 1. The number of aromatic nitrogens is 3. The second kappa shape index (κ2) is 5.85. The maximum absolute atomic E-state index is 12.5. The first-order valence-corrected chi connectivity index (χ1v) is 7.96. The number of amides is 1. The van der Waals surface area contributed by atoms with Crippen LogP contribution in [0.3, 0.4) is 0 Å². The number of carbonyl (C=O) groups excluding carboxylic acids is 1. The summed E-state index contributed by atoms with van der Waals surface area (Å²) in [4.78, 5) is 16.9. The van der Waals surface area contributed by atoms with Crippen LogP contribution in [0.4, 0.5) is 0 Å². The molecular formula is C19H18N4O. The predicted molar refractivity (Wildman–Crippen MR) is 95.0 cm³/mol. The molecule has 5 heteroatoms. The molecule has 0 aliphatic rings. The van der Waals surface area contributed by atoms with E-state index in [2.05, 4.69) is 14.9 Å². The van der Waals surface area contributed by atoms with E-state index >= 15 is 0 Å². The van der Waals surface area contributed by atoms with Gasteiger partial charge in [0.2, 0.25) is 0 Å². The van der Waals surface area contributed by atoms with Gasteiger partial charge in [-0.2, -0.15) is 0 Å². The van der Waals surface area contributed by atoms with Crippen molar-refractivity contribution < 1.29 is 4.79 Å².